The van der Waals surface area contributed by atoms with E-state index < -0.39 is 60.2 Å². The van der Waals surface area contributed by atoms with Gasteiger partial charge in [0.15, 0.2) is 0 Å². The van der Waals surface area contributed by atoms with E-state index in [-0.39, 0.29) is 19.3 Å². The first kappa shape index (κ1) is 28.8. The summed E-state index contributed by atoms with van der Waals surface area (Å²) in [5, 5.41) is 26.4. The maximum atomic E-state index is 13.4. The van der Waals surface area contributed by atoms with Crippen LogP contribution < -0.4 is 21.7 Å². The normalized spacial score (nSPS) is 14.1. The number of imidazole rings is 1. The molecule has 0 aliphatic rings. The minimum atomic E-state index is -1.36. The number of carbonyl (C=O) groups excluding carboxylic acids is 3. The summed E-state index contributed by atoms with van der Waals surface area (Å²) < 4.78 is 0. The molecule has 0 saturated carbocycles. The molecule has 3 amide bonds. The molecule has 0 bridgehead atoms. The van der Waals surface area contributed by atoms with Gasteiger partial charge in [0, 0.05) is 48.3 Å². The van der Waals surface area contributed by atoms with E-state index in [1.807, 2.05) is 24.3 Å². The molecule has 0 radical (unpaired) electrons. The number of para-hydroxylation sites is 1. The summed E-state index contributed by atoms with van der Waals surface area (Å²) in [6.45, 7) is 1.23. The molecule has 39 heavy (non-hydrogen) atoms. The summed E-state index contributed by atoms with van der Waals surface area (Å²) in [5.41, 5.74) is 8.19. The Hall–Kier alpha value is -4.72. The van der Waals surface area contributed by atoms with Gasteiger partial charge in [-0.2, -0.15) is 0 Å². The van der Waals surface area contributed by atoms with E-state index in [4.69, 9.17) is 15.9 Å². The van der Waals surface area contributed by atoms with Crippen LogP contribution in [0.3, 0.4) is 0 Å². The number of H-pyrrole nitrogens is 2. The number of nitrogens with zero attached hydrogens (tertiary/aromatic N) is 1. The maximum absolute atomic E-state index is 13.4. The maximum Gasteiger partial charge on any atom is 0.325 e. The number of aliphatic carboxylic acids is 2. The van der Waals surface area contributed by atoms with Gasteiger partial charge in [-0.05, 0) is 25.0 Å². The highest BCUT2D eigenvalue weighted by Gasteiger charge is 2.30. The van der Waals surface area contributed by atoms with Crippen LogP contribution in [0.2, 0.25) is 0 Å². The first-order valence-corrected chi connectivity index (χ1v) is 12.2. The van der Waals surface area contributed by atoms with Crippen molar-refractivity contribution in [3.05, 3.63) is 54.2 Å². The third-order valence-corrected chi connectivity index (χ3v) is 6.07. The van der Waals surface area contributed by atoms with Crippen molar-refractivity contribution in [1.29, 1.82) is 0 Å². The van der Waals surface area contributed by atoms with E-state index in [2.05, 4.69) is 30.9 Å². The first-order valence-electron chi connectivity index (χ1n) is 12.2. The molecule has 3 rings (SSSR count). The van der Waals surface area contributed by atoms with Gasteiger partial charge >= 0.3 is 11.9 Å². The molecule has 0 saturated heterocycles. The topological polar surface area (TPSA) is 232 Å². The highest BCUT2D eigenvalue weighted by atomic mass is 16.4. The van der Waals surface area contributed by atoms with Crippen molar-refractivity contribution in [2.75, 3.05) is 0 Å². The number of carbonyl (C=O) groups is 5. The molecule has 1 aromatic carbocycles. The lowest BCUT2D eigenvalue weighted by Gasteiger charge is -2.24. The number of hydrogen-bond acceptors (Lipinski definition) is 7. The van der Waals surface area contributed by atoms with Crippen LogP contribution in [-0.2, 0) is 36.8 Å². The summed E-state index contributed by atoms with van der Waals surface area (Å²) >= 11 is 0. The Bertz CT molecular complexity index is 1320. The van der Waals surface area contributed by atoms with E-state index in [0.29, 0.717) is 11.3 Å². The highest BCUT2D eigenvalue weighted by Crippen LogP contribution is 2.19. The number of amides is 3. The minimum absolute atomic E-state index is 0.0250. The molecule has 0 aliphatic carbocycles. The van der Waals surface area contributed by atoms with Crippen LogP contribution in [0, 0.1) is 0 Å². The largest absolute Gasteiger partial charge is 0.481 e. The van der Waals surface area contributed by atoms with Gasteiger partial charge in [0.25, 0.3) is 0 Å². The van der Waals surface area contributed by atoms with E-state index in [1.165, 1.54) is 19.4 Å². The highest BCUT2D eigenvalue weighted by molar-refractivity contribution is 5.95. The zero-order valence-corrected chi connectivity index (χ0v) is 21.1. The quantitative estimate of drug-likeness (QED) is 0.130. The molecule has 4 unspecified atom stereocenters. The Balaban J connectivity index is 1.82. The van der Waals surface area contributed by atoms with Crippen molar-refractivity contribution < 1.29 is 34.2 Å². The second-order valence-electron chi connectivity index (χ2n) is 9.07. The number of aromatic nitrogens is 3. The molecule has 2 heterocycles. The molecule has 0 spiro atoms. The second kappa shape index (κ2) is 13.2. The number of hydrogen-bond donors (Lipinski definition) is 8. The zero-order chi connectivity index (χ0) is 28.5. The number of carboxylic acids is 2. The van der Waals surface area contributed by atoms with Gasteiger partial charge in [0.1, 0.15) is 18.1 Å². The number of fused-ring (bicyclic) bond motifs is 1. The lowest BCUT2D eigenvalue weighted by atomic mass is 10.0. The van der Waals surface area contributed by atoms with E-state index in [0.717, 1.165) is 10.9 Å². The van der Waals surface area contributed by atoms with Crippen molar-refractivity contribution in [3.63, 3.8) is 0 Å². The van der Waals surface area contributed by atoms with Crippen molar-refractivity contribution in [1.82, 2.24) is 30.9 Å². The molecule has 0 fully saturated rings. The lowest BCUT2D eigenvalue weighted by Crippen LogP contribution is -2.57. The zero-order valence-electron chi connectivity index (χ0n) is 21.1. The van der Waals surface area contributed by atoms with Gasteiger partial charge in [0.2, 0.25) is 17.7 Å². The fourth-order valence-electron chi connectivity index (χ4n) is 3.92. The van der Waals surface area contributed by atoms with Crippen LogP contribution in [0.15, 0.2) is 43.0 Å². The summed E-state index contributed by atoms with van der Waals surface area (Å²) in [5.74, 6) is -4.77. The average molecular weight is 542 g/mol. The van der Waals surface area contributed by atoms with Gasteiger partial charge in [-0.25, -0.2) is 4.98 Å². The Morgan fingerprint density at radius 1 is 0.949 bits per heavy atom. The predicted octanol–water partition coefficient (Wildman–Crippen LogP) is -0.573. The molecular formula is C25H31N7O7. The van der Waals surface area contributed by atoms with Crippen molar-refractivity contribution >= 4 is 40.6 Å². The Labute approximate surface area is 222 Å². The Kier molecular flexibility index (Phi) is 9.75. The van der Waals surface area contributed by atoms with Crippen LogP contribution in [0.5, 0.6) is 0 Å². The number of nitrogens with one attached hydrogen (secondary N) is 5. The predicted molar refractivity (Wildman–Crippen MR) is 138 cm³/mol. The number of carboxylic acid groups (broad SMARTS) is 2. The summed E-state index contributed by atoms with van der Waals surface area (Å²) in [6.07, 6.45) is 4.06. The Morgan fingerprint density at radius 3 is 2.31 bits per heavy atom. The third kappa shape index (κ3) is 8.13. The van der Waals surface area contributed by atoms with E-state index >= 15 is 0 Å². The number of rotatable bonds is 14. The molecule has 14 heteroatoms. The van der Waals surface area contributed by atoms with E-state index in [9.17, 15) is 24.0 Å². The lowest BCUT2D eigenvalue weighted by molar-refractivity contribution is -0.142. The van der Waals surface area contributed by atoms with Crippen LogP contribution in [0.25, 0.3) is 10.9 Å². The van der Waals surface area contributed by atoms with Gasteiger partial charge in [-0.3, -0.25) is 24.0 Å². The number of nitrogens with two attached hydrogens (primary N) is 1. The molecule has 3 aromatic rings. The van der Waals surface area contributed by atoms with Crippen molar-refractivity contribution in [2.45, 2.75) is 56.8 Å². The van der Waals surface area contributed by atoms with Gasteiger partial charge in [-0.1, -0.05) is 18.2 Å². The average Bonchev–Trinajstić information content (AvgIpc) is 3.55. The SMILES string of the molecule is CC(NC(=O)C(CCC(=O)O)NC(=O)C(Cc1c[nH]c2ccccc12)NC(=O)C(N)Cc1cnc[nH]1)C(=O)O. The fraction of sp³-hybridized carbons (Fsp3) is 0.360. The molecule has 208 valence electrons. The van der Waals surface area contributed by atoms with Crippen LogP contribution >= 0.6 is 0 Å². The van der Waals surface area contributed by atoms with Crippen molar-refractivity contribution in [2.24, 2.45) is 5.73 Å². The summed E-state index contributed by atoms with van der Waals surface area (Å²) in [6, 6.07) is 2.50. The molecule has 14 nitrogen and oxygen atoms in total. The molecule has 2 aromatic heterocycles. The number of aromatic amines is 2. The molecular weight excluding hydrogens is 510 g/mol. The van der Waals surface area contributed by atoms with Crippen LogP contribution in [-0.4, -0.2) is 79.0 Å². The summed E-state index contributed by atoms with van der Waals surface area (Å²) in [4.78, 5) is 71.3. The molecule has 4 atom stereocenters. The summed E-state index contributed by atoms with van der Waals surface area (Å²) in [7, 11) is 0. The number of benzene rings is 1. The van der Waals surface area contributed by atoms with Crippen LogP contribution in [0.4, 0.5) is 0 Å². The molecule has 0 aliphatic heterocycles. The van der Waals surface area contributed by atoms with E-state index in [1.54, 1.807) is 6.20 Å². The van der Waals surface area contributed by atoms with Crippen LogP contribution in [0.1, 0.15) is 31.0 Å². The fourth-order valence-corrected chi connectivity index (χ4v) is 3.92. The monoisotopic (exact) mass is 541 g/mol. The molecule has 9 N–H and O–H groups in total. The van der Waals surface area contributed by atoms with Crippen molar-refractivity contribution in [3.8, 4) is 0 Å². The second-order valence-corrected chi connectivity index (χ2v) is 9.07. The van der Waals surface area contributed by atoms with Gasteiger partial charge in [0.05, 0.1) is 12.4 Å². The van der Waals surface area contributed by atoms with Gasteiger partial charge < -0.3 is 41.9 Å². The first-order chi connectivity index (χ1) is 18.5. The minimum Gasteiger partial charge on any atom is -0.481 e. The smallest absolute Gasteiger partial charge is 0.325 e. The standard InChI is InChI=1S/C25H31N7O7/c1-13(25(38)39)30-23(36)19(6-7-21(33)34)31-24(37)20(8-14-10-28-18-5-3-2-4-16(14)18)32-22(35)17(26)9-15-11-27-12-29-15/h2-5,10-13,17,19-20,28H,6-9,26H2,1H3,(H,27,29)(H,30,36)(H,31,37)(H,32,35)(H,33,34)(H,38,39). The third-order valence-electron chi connectivity index (χ3n) is 6.07. The Morgan fingerprint density at radius 2 is 1.64 bits per heavy atom. The van der Waals surface area contributed by atoms with Gasteiger partial charge in [-0.15, -0.1) is 0 Å².